The minimum atomic E-state index is -3.89. The summed E-state index contributed by atoms with van der Waals surface area (Å²) in [5.74, 6) is -0.387. The third-order valence-electron chi connectivity index (χ3n) is 5.00. The Morgan fingerprint density at radius 1 is 0.969 bits per heavy atom. The monoisotopic (exact) mass is 578 g/mol. The number of sulfonamides is 1. The van der Waals surface area contributed by atoms with Gasteiger partial charge in [-0.05, 0) is 66.4 Å². The molecule has 0 aliphatic carbocycles. The first-order valence-corrected chi connectivity index (χ1v) is 13.1. The molecule has 0 aromatic heterocycles. The van der Waals surface area contributed by atoms with E-state index in [0.29, 0.717) is 0 Å². The van der Waals surface area contributed by atoms with Gasteiger partial charge in [0.1, 0.15) is 0 Å². The van der Waals surface area contributed by atoms with E-state index in [1.807, 2.05) is 56.3 Å². The summed E-state index contributed by atoms with van der Waals surface area (Å²) in [6.07, 6.45) is 0.737. The number of halogens is 2. The summed E-state index contributed by atoms with van der Waals surface area (Å²) in [7, 11) is -3.89. The van der Waals surface area contributed by atoms with E-state index in [4.69, 9.17) is 0 Å². The molecule has 0 atom stereocenters. The number of nitrogens with one attached hydrogen (secondary N) is 1. The fourth-order valence-corrected chi connectivity index (χ4v) is 5.65. The number of rotatable bonds is 8. The zero-order valence-corrected chi connectivity index (χ0v) is 21.8. The number of anilines is 1. The lowest BCUT2D eigenvalue weighted by atomic mass is 10.1. The van der Waals surface area contributed by atoms with Gasteiger partial charge >= 0.3 is 0 Å². The standard InChI is InChI=1S/C24H24Br2N2O3S/c1-3-19-14-21(26)13-17(2)24(19)27-23(29)16-28(15-18-7-5-4-6-8-18)32(30,31)22-11-9-20(25)10-12-22/h4-14H,3,15-16H2,1-2H3,(H,27,29). The van der Waals surface area contributed by atoms with Crippen molar-refractivity contribution in [3.63, 3.8) is 0 Å². The second-order valence-corrected chi connectivity index (χ2v) is 11.1. The molecule has 1 amide bonds. The van der Waals surface area contributed by atoms with Gasteiger partial charge in [-0.25, -0.2) is 8.42 Å². The van der Waals surface area contributed by atoms with Gasteiger partial charge in [-0.1, -0.05) is 69.1 Å². The number of hydrogen-bond acceptors (Lipinski definition) is 3. The predicted octanol–water partition coefficient (Wildman–Crippen LogP) is 5.91. The molecular formula is C24H24Br2N2O3S. The lowest BCUT2D eigenvalue weighted by molar-refractivity contribution is -0.116. The first-order chi connectivity index (χ1) is 15.2. The van der Waals surface area contributed by atoms with Gasteiger partial charge in [0, 0.05) is 21.2 Å². The number of nitrogens with zero attached hydrogens (tertiary/aromatic N) is 1. The molecule has 0 spiro atoms. The molecule has 3 aromatic carbocycles. The smallest absolute Gasteiger partial charge is 0.243 e. The molecule has 0 unspecified atom stereocenters. The molecule has 32 heavy (non-hydrogen) atoms. The normalized spacial score (nSPS) is 11.5. The molecule has 0 saturated heterocycles. The van der Waals surface area contributed by atoms with Gasteiger partial charge < -0.3 is 5.32 Å². The number of carbonyl (C=O) groups is 1. The Hall–Kier alpha value is -2.00. The fourth-order valence-electron chi connectivity index (χ4n) is 3.38. The van der Waals surface area contributed by atoms with Crippen LogP contribution in [0.25, 0.3) is 0 Å². The van der Waals surface area contributed by atoms with Crippen LogP contribution in [0.3, 0.4) is 0 Å². The van der Waals surface area contributed by atoms with Crippen molar-refractivity contribution in [1.29, 1.82) is 0 Å². The molecule has 0 heterocycles. The Labute approximate surface area is 206 Å². The zero-order chi connectivity index (χ0) is 23.3. The SMILES string of the molecule is CCc1cc(Br)cc(C)c1NC(=O)CN(Cc1ccccc1)S(=O)(=O)c1ccc(Br)cc1. The van der Waals surface area contributed by atoms with Crippen LogP contribution >= 0.6 is 31.9 Å². The average molecular weight is 580 g/mol. The van der Waals surface area contributed by atoms with Crippen LogP contribution in [-0.2, 0) is 27.8 Å². The number of carbonyl (C=O) groups excluding carboxylic acids is 1. The highest BCUT2D eigenvalue weighted by Gasteiger charge is 2.27. The van der Waals surface area contributed by atoms with E-state index in [0.717, 1.165) is 37.7 Å². The van der Waals surface area contributed by atoms with Crippen molar-refractivity contribution in [2.75, 3.05) is 11.9 Å². The number of benzene rings is 3. The zero-order valence-electron chi connectivity index (χ0n) is 17.8. The Balaban J connectivity index is 1.91. The topological polar surface area (TPSA) is 66.5 Å². The summed E-state index contributed by atoms with van der Waals surface area (Å²) in [4.78, 5) is 13.2. The largest absolute Gasteiger partial charge is 0.324 e. The van der Waals surface area contributed by atoms with Crippen molar-refractivity contribution in [3.8, 4) is 0 Å². The third-order valence-corrected chi connectivity index (χ3v) is 7.79. The summed E-state index contributed by atoms with van der Waals surface area (Å²) >= 11 is 6.81. The Morgan fingerprint density at radius 2 is 1.62 bits per heavy atom. The molecule has 3 aromatic rings. The molecule has 168 valence electrons. The van der Waals surface area contributed by atoms with Crippen LogP contribution in [-0.4, -0.2) is 25.2 Å². The molecule has 0 saturated carbocycles. The van der Waals surface area contributed by atoms with E-state index in [1.165, 1.54) is 16.4 Å². The summed E-state index contributed by atoms with van der Waals surface area (Å²) in [5.41, 5.74) is 3.42. The van der Waals surface area contributed by atoms with Crippen LogP contribution in [0.5, 0.6) is 0 Å². The van der Waals surface area contributed by atoms with Crippen molar-refractivity contribution in [2.45, 2.75) is 31.7 Å². The van der Waals surface area contributed by atoms with E-state index in [1.54, 1.807) is 12.1 Å². The van der Waals surface area contributed by atoms with E-state index in [-0.39, 0.29) is 23.9 Å². The molecule has 0 aliphatic heterocycles. The van der Waals surface area contributed by atoms with Gasteiger partial charge in [0.15, 0.2) is 0 Å². The maximum absolute atomic E-state index is 13.4. The Bertz CT molecular complexity index is 1200. The maximum atomic E-state index is 13.4. The second-order valence-electron chi connectivity index (χ2n) is 7.37. The lowest BCUT2D eigenvalue weighted by Crippen LogP contribution is -2.37. The first-order valence-electron chi connectivity index (χ1n) is 10.1. The van der Waals surface area contributed by atoms with Crippen molar-refractivity contribution < 1.29 is 13.2 Å². The minimum absolute atomic E-state index is 0.0899. The van der Waals surface area contributed by atoms with Gasteiger partial charge in [0.2, 0.25) is 15.9 Å². The summed E-state index contributed by atoms with van der Waals surface area (Å²) in [6, 6.07) is 19.5. The van der Waals surface area contributed by atoms with E-state index >= 15 is 0 Å². The quantitative estimate of drug-likeness (QED) is 0.361. The van der Waals surface area contributed by atoms with Crippen LogP contribution in [0.15, 0.2) is 80.6 Å². The van der Waals surface area contributed by atoms with E-state index < -0.39 is 10.0 Å². The first kappa shape index (κ1) is 24.6. The number of amides is 1. The van der Waals surface area contributed by atoms with E-state index in [9.17, 15) is 13.2 Å². The van der Waals surface area contributed by atoms with Crippen molar-refractivity contribution in [2.24, 2.45) is 0 Å². The van der Waals surface area contributed by atoms with Crippen molar-refractivity contribution in [1.82, 2.24) is 4.31 Å². The average Bonchev–Trinajstić information content (AvgIpc) is 2.76. The molecule has 3 rings (SSSR count). The third kappa shape index (κ3) is 6.07. The summed E-state index contributed by atoms with van der Waals surface area (Å²) < 4.78 is 29.7. The highest BCUT2D eigenvalue weighted by molar-refractivity contribution is 9.10. The number of hydrogen-bond donors (Lipinski definition) is 1. The maximum Gasteiger partial charge on any atom is 0.243 e. The van der Waals surface area contributed by atoms with Crippen LogP contribution in [0.4, 0.5) is 5.69 Å². The van der Waals surface area contributed by atoms with Crippen LogP contribution in [0.1, 0.15) is 23.6 Å². The van der Waals surface area contributed by atoms with Crippen LogP contribution in [0.2, 0.25) is 0 Å². The van der Waals surface area contributed by atoms with E-state index in [2.05, 4.69) is 37.2 Å². The summed E-state index contributed by atoms with van der Waals surface area (Å²) in [6.45, 7) is 3.72. The molecule has 1 N–H and O–H groups in total. The highest BCUT2D eigenvalue weighted by atomic mass is 79.9. The number of aryl methyl sites for hydroxylation is 2. The Kier molecular flexibility index (Phi) is 8.27. The second kappa shape index (κ2) is 10.7. The van der Waals surface area contributed by atoms with Gasteiger partial charge in [-0.15, -0.1) is 0 Å². The molecule has 8 heteroatoms. The van der Waals surface area contributed by atoms with Crippen molar-refractivity contribution in [3.05, 3.63) is 92.4 Å². The van der Waals surface area contributed by atoms with Crippen LogP contribution < -0.4 is 5.32 Å². The molecule has 0 fully saturated rings. The van der Waals surface area contributed by atoms with Gasteiger partial charge in [-0.3, -0.25) is 4.79 Å². The van der Waals surface area contributed by atoms with Crippen molar-refractivity contribution >= 4 is 53.5 Å². The molecule has 0 radical (unpaired) electrons. The predicted molar refractivity (Wildman–Crippen MR) is 135 cm³/mol. The molecule has 0 aliphatic rings. The van der Waals surface area contributed by atoms with Gasteiger partial charge in [-0.2, -0.15) is 4.31 Å². The molecular weight excluding hydrogens is 556 g/mol. The van der Waals surface area contributed by atoms with Gasteiger partial charge in [0.25, 0.3) is 0 Å². The van der Waals surface area contributed by atoms with Crippen LogP contribution in [0, 0.1) is 6.92 Å². The molecule has 5 nitrogen and oxygen atoms in total. The lowest BCUT2D eigenvalue weighted by Gasteiger charge is -2.23. The fraction of sp³-hybridized carbons (Fsp3) is 0.208. The summed E-state index contributed by atoms with van der Waals surface area (Å²) in [5, 5.41) is 2.93. The Morgan fingerprint density at radius 3 is 2.25 bits per heavy atom. The molecule has 0 bridgehead atoms. The highest BCUT2D eigenvalue weighted by Crippen LogP contribution is 2.27. The minimum Gasteiger partial charge on any atom is -0.324 e. The van der Waals surface area contributed by atoms with Gasteiger partial charge in [0.05, 0.1) is 11.4 Å².